The van der Waals surface area contributed by atoms with Crippen molar-refractivity contribution in [3.63, 3.8) is 0 Å². The predicted molar refractivity (Wildman–Crippen MR) is 111 cm³/mol. The van der Waals surface area contributed by atoms with Crippen molar-refractivity contribution in [1.29, 1.82) is 0 Å². The summed E-state index contributed by atoms with van der Waals surface area (Å²) >= 11 is 0. The lowest BCUT2D eigenvalue weighted by Gasteiger charge is -2.09. The van der Waals surface area contributed by atoms with Gasteiger partial charge in [0.05, 0.1) is 34.7 Å². The van der Waals surface area contributed by atoms with Gasteiger partial charge in [0.25, 0.3) is 5.91 Å². The summed E-state index contributed by atoms with van der Waals surface area (Å²) in [4.78, 5) is 18.1. The van der Waals surface area contributed by atoms with E-state index in [0.29, 0.717) is 30.5 Å². The Bertz CT molecular complexity index is 1020. The van der Waals surface area contributed by atoms with Gasteiger partial charge < -0.3 is 10.1 Å². The molecule has 1 aliphatic rings. The number of hydrogen-bond acceptors (Lipinski definition) is 5. The third-order valence-corrected chi connectivity index (χ3v) is 5.18. The lowest BCUT2D eigenvalue weighted by Crippen LogP contribution is -2.13. The Hall–Kier alpha value is -2.74. The summed E-state index contributed by atoms with van der Waals surface area (Å²) < 4.78 is 8.96. The van der Waals surface area contributed by atoms with Gasteiger partial charge in [-0.3, -0.25) is 4.79 Å². The van der Waals surface area contributed by atoms with Crippen LogP contribution in [-0.4, -0.2) is 37.1 Å². The number of hydrogen-bond donors (Lipinski definition) is 1. The Kier molecular flexibility index (Phi) is 5.62. The number of pyridine rings is 1. The number of aromatic nitrogens is 5. The van der Waals surface area contributed by atoms with E-state index in [1.54, 1.807) is 17.1 Å². The molecule has 3 aromatic heterocycles. The largest absolute Gasteiger partial charge is 0.360 e. The minimum Gasteiger partial charge on any atom is -0.360 e. The highest BCUT2D eigenvalue weighted by atomic mass is 16.5. The molecule has 1 N–H and O–H groups in total. The molecule has 1 amide bonds. The number of ether oxygens (including phenoxy) is 1. The summed E-state index contributed by atoms with van der Waals surface area (Å²) in [5, 5.41) is 12.7. The van der Waals surface area contributed by atoms with Crippen molar-refractivity contribution >= 4 is 22.6 Å². The Balaban J connectivity index is 1.67. The van der Waals surface area contributed by atoms with E-state index in [-0.39, 0.29) is 5.91 Å². The van der Waals surface area contributed by atoms with E-state index in [1.807, 2.05) is 24.6 Å². The second-order valence-electron chi connectivity index (χ2n) is 7.57. The highest BCUT2D eigenvalue weighted by Gasteiger charge is 2.28. The van der Waals surface area contributed by atoms with Crippen LogP contribution in [-0.2, 0) is 18.0 Å². The Labute approximate surface area is 170 Å². The predicted octanol–water partition coefficient (Wildman–Crippen LogP) is 3.86. The summed E-state index contributed by atoms with van der Waals surface area (Å²) in [6.45, 7) is 7.82. The third-order valence-electron chi connectivity index (χ3n) is 5.18. The average molecular weight is 396 g/mol. The van der Waals surface area contributed by atoms with Crippen molar-refractivity contribution in [3.8, 4) is 0 Å². The molecular weight excluding hydrogens is 368 g/mol. The Morgan fingerprint density at radius 3 is 2.90 bits per heavy atom. The van der Waals surface area contributed by atoms with Crippen LogP contribution in [0, 0.1) is 6.92 Å². The summed E-state index contributed by atoms with van der Waals surface area (Å²) in [5.41, 5.74) is 3.92. The summed E-state index contributed by atoms with van der Waals surface area (Å²) in [5.74, 6) is 0.295. The van der Waals surface area contributed by atoms with E-state index in [2.05, 4.69) is 22.4 Å². The molecule has 3 heterocycles. The van der Waals surface area contributed by atoms with Crippen LogP contribution in [0.4, 0.5) is 5.69 Å². The fourth-order valence-corrected chi connectivity index (χ4v) is 3.49. The number of anilines is 1. The standard InChI is InChI=1S/C21H28N6O2/c1-4-6-9-27-20-19(14(3)25-27)17(10-18(24-20)15-7-8-15)21(28)23-16-11-22-26(12-16)13-29-5-2/h10-12,15H,4-9,13H2,1-3H3,(H,23,28). The van der Waals surface area contributed by atoms with Crippen LogP contribution in [0.1, 0.15) is 67.2 Å². The van der Waals surface area contributed by atoms with Crippen molar-refractivity contribution in [2.24, 2.45) is 0 Å². The van der Waals surface area contributed by atoms with E-state index in [9.17, 15) is 4.79 Å². The first-order chi connectivity index (χ1) is 14.1. The zero-order valence-corrected chi connectivity index (χ0v) is 17.3. The van der Waals surface area contributed by atoms with E-state index >= 15 is 0 Å². The second kappa shape index (κ2) is 8.32. The number of amides is 1. The molecule has 0 atom stereocenters. The smallest absolute Gasteiger partial charge is 0.256 e. The molecule has 0 aromatic carbocycles. The van der Waals surface area contributed by atoms with E-state index < -0.39 is 0 Å². The number of rotatable bonds is 9. The van der Waals surface area contributed by atoms with Crippen LogP contribution < -0.4 is 5.32 Å². The molecule has 0 spiro atoms. The lowest BCUT2D eigenvalue weighted by atomic mass is 10.1. The SMILES string of the molecule is CCCCn1nc(C)c2c(C(=O)Nc3cnn(COCC)c3)cc(C3CC3)nc21. The third kappa shape index (κ3) is 4.17. The molecule has 1 saturated carbocycles. The molecule has 0 saturated heterocycles. The molecule has 154 valence electrons. The summed E-state index contributed by atoms with van der Waals surface area (Å²) in [6.07, 6.45) is 7.78. The minimum absolute atomic E-state index is 0.159. The maximum atomic E-state index is 13.2. The number of unbranched alkanes of at least 4 members (excludes halogenated alkanes) is 1. The van der Waals surface area contributed by atoms with Crippen LogP contribution in [0.25, 0.3) is 11.0 Å². The normalized spacial score (nSPS) is 13.9. The minimum atomic E-state index is -0.159. The Morgan fingerprint density at radius 2 is 2.17 bits per heavy atom. The highest BCUT2D eigenvalue weighted by molar-refractivity contribution is 6.12. The molecule has 8 nitrogen and oxygen atoms in total. The number of carbonyl (C=O) groups is 1. The van der Waals surface area contributed by atoms with Crippen molar-refractivity contribution in [2.45, 2.75) is 65.6 Å². The van der Waals surface area contributed by atoms with Crippen LogP contribution >= 0.6 is 0 Å². The average Bonchev–Trinajstić information content (AvgIpc) is 3.40. The summed E-state index contributed by atoms with van der Waals surface area (Å²) in [7, 11) is 0. The molecule has 1 fully saturated rings. The fourth-order valence-electron chi connectivity index (χ4n) is 3.49. The number of carbonyl (C=O) groups excluding carboxylic acids is 1. The lowest BCUT2D eigenvalue weighted by molar-refractivity contribution is 0.0792. The van der Waals surface area contributed by atoms with Crippen LogP contribution in [0.2, 0.25) is 0 Å². The van der Waals surface area contributed by atoms with Crippen LogP contribution in [0.3, 0.4) is 0 Å². The first-order valence-electron chi connectivity index (χ1n) is 10.4. The quantitative estimate of drug-likeness (QED) is 0.593. The van der Waals surface area contributed by atoms with E-state index in [0.717, 1.165) is 54.6 Å². The van der Waals surface area contributed by atoms with Gasteiger partial charge in [0.1, 0.15) is 6.73 Å². The number of nitrogens with one attached hydrogen (secondary N) is 1. The van der Waals surface area contributed by atoms with Gasteiger partial charge in [0.15, 0.2) is 5.65 Å². The molecule has 1 aliphatic carbocycles. The first-order valence-corrected chi connectivity index (χ1v) is 10.4. The zero-order valence-electron chi connectivity index (χ0n) is 17.3. The Morgan fingerprint density at radius 1 is 1.34 bits per heavy atom. The van der Waals surface area contributed by atoms with Crippen molar-refractivity contribution in [1.82, 2.24) is 24.5 Å². The molecule has 8 heteroatoms. The van der Waals surface area contributed by atoms with Crippen molar-refractivity contribution in [2.75, 3.05) is 11.9 Å². The molecule has 0 radical (unpaired) electrons. The molecular formula is C21H28N6O2. The van der Waals surface area contributed by atoms with Gasteiger partial charge in [-0.2, -0.15) is 10.2 Å². The van der Waals surface area contributed by atoms with Gasteiger partial charge in [-0.25, -0.2) is 14.3 Å². The van der Waals surface area contributed by atoms with E-state index in [1.165, 1.54) is 0 Å². The molecule has 0 unspecified atom stereocenters. The van der Waals surface area contributed by atoms with Crippen LogP contribution in [0.5, 0.6) is 0 Å². The van der Waals surface area contributed by atoms with Gasteiger partial charge in [0.2, 0.25) is 0 Å². The van der Waals surface area contributed by atoms with Gasteiger partial charge in [-0.05, 0) is 39.2 Å². The second-order valence-corrected chi connectivity index (χ2v) is 7.57. The maximum Gasteiger partial charge on any atom is 0.256 e. The number of fused-ring (bicyclic) bond motifs is 1. The fraction of sp³-hybridized carbons (Fsp3) is 0.524. The van der Waals surface area contributed by atoms with Gasteiger partial charge >= 0.3 is 0 Å². The van der Waals surface area contributed by atoms with Gasteiger partial charge in [-0.15, -0.1) is 0 Å². The molecule has 0 bridgehead atoms. The molecule has 0 aliphatic heterocycles. The van der Waals surface area contributed by atoms with E-state index in [4.69, 9.17) is 9.72 Å². The maximum absolute atomic E-state index is 13.2. The first kappa shape index (κ1) is 19.6. The zero-order chi connectivity index (χ0) is 20.4. The van der Waals surface area contributed by atoms with Crippen LogP contribution in [0.15, 0.2) is 18.5 Å². The topological polar surface area (TPSA) is 86.9 Å². The highest BCUT2D eigenvalue weighted by Crippen LogP contribution is 2.40. The summed E-state index contributed by atoms with van der Waals surface area (Å²) in [6, 6.07) is 1.94. The number of nitrogens with zero attached hydrogens (tertiary/aromatic N) is 5. The number of aryl methyl sites for hydroxylation is 2. The van der Waals surface area contributed by atoms with Crippen molar-refractivity contribution < 1.29 is 9.53 Å². The van der Waals surface area contributed by atoms with Crippen molar-refractivity contribution in [3.05, 3.63) is 35.4 Å². The monoisotopic (exact) mass is 396 g/mol. The van der Waals surface area contributed by atoms with Gasteiger partial charge in [0, 0.05) is 24.8 Å². The molecule has 3 aromatic rings. The van der Waals surface area contributed by atoms with Gasteiger partial charge in [-0.1, -0.05) is 13.3 Å². The molecule has 29 heavy (non-hydrogen) atoms. The molecule has 4 rings (SSSR count).